The second-order valence-electron chi connectivity index (χ2n) is 14.0. The molecule has 3 saturated heterocycles. The number of ether oxygens (including phenoxy) is 2. The lowest BCUT2D eigenvalue weighted by molar-refractivity contribution is -0.158. The van der Waals surface area contributed by atoms with Crippen LogP contribution in [0, 0.1) is 11.6 Å². The summed E-state index contributed by atoms with van der Waals surface area (Å²) in [5, 5.41) is 7.49. The van der Waals surface area contributed by atoms with Gasteiger partial charge in [0.1, 0.15) is 61.1 Å². The van der Waals surface area contributed by atoms with E-state index in [1.165, 1.54) is 27.7 Å². The molecule has 16 nitrogen and oxygen atoms in total. The van der Waals surface area contributed by atoms with Crippen LogP contribution in [-0.4, -0.2) is 131 Å². The fraction of sp³-hybridized carbons (Fsp3) is 0.487. The molecule has 0 saturated carbocycles. The Bertz CT molecular complexity index is 1800. The molecule has 3 heterocycles. The Hall–Kier alpha value is -5.94. The summed E-state index contributed by atoms with van der Waals surface area (Å²) in [7, 11) is 0. The van der Waals surface area contributed by atoms with Gasteiger partial charge in [0.05, 0.1) is 0 Å². The number of esters is 2. The van der Waals surface area contributed by atoms with Gasteiger partial charge in [-0.15, -0.1) is 0 Å². The lowest BCUT2D eigenvalue weighted by atomic mass is 10.0. The molecule has 0 bridgehead atoms. The summed E-state index contributed by atoms with van der Waals surface area (Å²) in [4.78, 5) is 112. The SMILES string of the molecule is C=CCOC(=O)/C=C/C(=O)N[C@@H](Cc1cc(F)cc(F)c1)C(=O)N[C@H]1COC(=O)[C@@H]2CCCN2C(=O)[C@H](C)NC(=O)[C@H](C(=C)C)N(CC)C(=O)[C@@H]2CCCN2C1=O. The molecule has 3 aliphatic heterocycles. The van der Waals surface area contributed by atoms with E-state index in [1.54, 1.807) is 13.8 Å². The zero-order valence-corrected chi connectivity index (χ0v) is 32.1. The van der Waals surface area contributed by atoms with Gasteiger partial charge in [0.2, 0.25) is 35.4 Å². The topological polar surface area (TPSA) is 201 Å². The van der Waals surface area contributed by atoms with Crippen molar-refractivity contribution >= 4 is 47.4 Å². The van der Waals surface area contributed by atoms with Gasteiger partial charge in [-0.1, -0.05) is 19.2 Å². The van der Waals surface area contributed by atoms with Crippen LogP contribution in [0.3, 0.4) is 0 Å². The standard InChI is InChI=1S/C39H48F2N6O10/c1-6-16-56-32(49)13-12-31(48)43-27(19-24-17-25(40)20-26(41)18-24)34(50)44-28-21-57-39(55)30-11-9-15-47(30)36(52)23(5)42-35(51)33(22(3)4)45(7-2)38(54)29-10-8-14-46(29)37(28)53/h6,12-13,17-18,20,23,27-30,33H,1,3,7-11,14-16,19,21H2,2,4-5H3,(H,42,51)(H,43,48)(H,44,50)/b13-12+/t23-,27-,28-,29-,30-,33-/m0/s1. The maximum absolute atomic E-state index is 14.4. The number of nitrogens with zero attached hydrogens (tertiary/aromatic N) is 3. The lowest BCUT2D eigenvalue weighted by Gasteiger charge is -2.37. The van der Waals surface area contributed by atoms with Crippen LogP contribution in [0.4, 0.5) is 8.78 Å². The molecule has 0 aliphatic carbocycles. The number of carbonyl (C=O) groups is 8. The molecule has 0 spiro atoms. The first-order valence-electron chi connectivity index (χ1n) is 18.6. The minimum absolute atomic E-state index is 0.0269. The van der Waals surface area contributed by atoms with Crippen molar-refractivity contribution in [2.75, 3.05) is 32.8 Å². The Morgan fingerprint density at radius 2 is 1.61 bits per heavy atom. The molecule has 18 heteroatoms. The van der Waals surface area contributed by atoms with Crippen LogP contribution in [0.25, 0.3) is 0 Å². The molecule has 1 aromatic rings. The average molecular weight is 799 g/mol. The molecule has 1 aromatic carbocycles. The van der Waals surface area contributed by atoms with Crippen molar-refractivity contribution in [1.29, 1.82) is 0 Å². The highest BCUT2D eigenvalue weighted by molar-refractivity contribution is 6.00. The summed E-state index contributed by atoms with van der Waals surface area (Å²) >= 11 is 0. The van der Waals surface area contributed by atoms with Gasteiger partial charge in [0.15, 0.2) is 0 Å². The van der Waals surface area contributed by atoms with E-state index >= 15 is 0 Å². The second-order valence-corrected chi connectivity index (χ2v) is 14.0. The maximum Gasteiger partial charge on any atom is 0.331 e. The largest absolute Gasteiger partial charge is 0.461 e. The van der Waals surface area contributed by atoms with Crippen molar-refractivity contribution in [2.24, 2.45) is 0 Å². The van der Waals surface area contributed by atoms with Gasteiger partial charge in [-0.2, -0.15) is 0 Å². The molecule has 6 amide bonds. The van der Waals surface area contributed by atoms with Gasteiger partial charge < -0.3 is 40.1 Å². The Labute approximate surface area is 328 Å². The number of halogens is 2. The van der Waals surface area contributed by atoms with E-state index in [0.29, 0.717) is 24.5 Å². The predicted molar refractivity (Wildman–Crippen MR) is 198 cm³/mol. The third-order valence-corrected chi connectivity index (χ3v) is 9.72. The van der Waals surface area contributed by atoms with Crippen molar-refractivity contribution < 1.29 is 56.6 Å². The second kappa shape index (κ2) is 19.8. The number of nitrogens with one attached hydrogen (secondary N) is 3. The number of benzene rings is 1. The summed E-state index contributed by atoms with van der Waals surface area (Å²) in [6, 6.07) is -5.32. The molecule has 0 radical (unpaired) electrons. The van der Waals surface area contributed by atoms with E-state index in [4.69, 9.17) is 9.47 Å². The number of hydrogen-bond acceptors (Lipinski definition) is 10. The van der Waals surface area contributed by atoms with Crippen LogP contribution in [0.5, 0.6) is 0 Å². The van der Waals surface area contributed by atoms with Crippen LogP contribution < -0.4 is 16.0 Å². The van der Waals surface area contributed by atoms with Crippen LogP contribution in [0.1, 0.15) is 52.0 Å². The van der Waals surface area contributed by atoms with Gasteiger partial charge in [-0.05, 0) is 69.7 Å². The number of carbonyl (C=O) groups excluding carboxylic acids is 8. The van der Waals surface area contributed by atoms with Gasteiger partial charge >= 0.3 is 11.9 Å². The smallest absolute Gasteiger partial charge is 0.331 e. The molecule has 57 heavy (non-hydrogen) atoms. The molecule has 3 N–H and O–H groups in total. The van der Waals surface area contributed by atoms with Crippen molar-refractivity contribution in [3.05, 3.63) is 72.4 Å². The first-order valence-corrected chi connectivity index (χ1v) is 18.6. The van der Waals surface area contributed by atoms with Gasteiger partial charge in [0.25, 0.3) is 0 Å². The molecule has 0 aromatic heterocycles. The highest BCUT2D eigenvalue weighted by Gasteiger charge is 2.44. The third-order valence-electron chi connectivity index (χ3n) is 9.72. The Morgan fingerprint density at radius 1 is 0.982 bits per heavy atom. The van der Waals surface area contributed by atoms with E-state index in [0.717, 1.165) is 24.3 Å². The Balaban J connectivity index is 1.71. The lowest BCUT2D eigenvalue weighted by Crippen LogP contribution is -2.61. The number of fused-ring (bicyclic) bond motifs is 2. The number of rotatable bonds is 11. The van der Waals surface area contributed by atoms with Crippen molar-refractivity contribution in [1.82, 2.24) is 30.7 Å². The van der Waals surface area contributed by atoms with Crippen LogP contribution >= 0.6 is 0 Å². The molecular formula is C39H48F2N6O10. The van der Waals surface area contributed by atoms with Crippen molar-refractivity contribution in [2.45, 2.75) is 89.1 Å². The highest BCUT2D eigenvalue weighted by atomic mass is 19.1. The van der Waals surface area contributed by atoms with E-state index < -0.39 is 108 Å². The van der Waals surface area contributed by atoms with E-state index in [1.807, 2.05) is 0 Å². The quantitative estimate of drug-likeness (QED) is 0.162. The molecular weight excluding hydrogens is 750 g/mol. The molecule has 6 atom stereocenters. The van der Waals surface area contributed by atoms with Gasteiger partial charge in [-0.3, -0.25) is 28.8 Å². The molecule has 0 unspecified atom stereocenters. The zero-order chi connectivity index (χ0) is 42.0. The van der Waals surface area contributed by atoms with Crippen LogP contribution in [0.15, 0.2) is 55.2 Å². The van der Waals surface area contributed by atoms with Crippen molar-refractivity contribution in [3.63, 3.8) is 0 Å². The minimum Gasteiger partial charge on any atom is -0.461 e. The molecule has 308 valence electrons. The highest BCUT2D eigenvalue weighted by Crippen LogP contribution is 2.25. The molecule has 3 fully saturated rings. The van der Waals surface area contributed by atoms with Crippen LogP contribution in [0.2, 0.25) is 0 Å². The minimum atomic E-state index is -1.67. The van der Waals surface area contributed by atoms with Gasteiger partial charge in [0, 0.05) is 44.3 Å². The average Bonchev–Trinajstić information content (AvgIpc) is 3.85. The number of likely N-dealkylation sites (N-methyl/N-ethyl adjacent to an activating group) is 1. The normalized spacial score (nSPS) is 24.0. The van der Waals surface area contributed by atoms with E-state index in [9.17, 15) is 47.1 Å². The van der Waals surface area contributed by atoms with E-state index in [-0.39, 0.29) is 44.6 Å². The Morgan fingerprint density at radius 3 is 2.23 bits per heavy atom. The predicted octanol–water partition coefficient (Wildman–Crippen LogP) is 0.599. The summed E-state index contributed by atoms with van der Waals surface area (Å²) in [5.41, 5.74) is 0.237. The number of cyclic esters (lactones) is 1. The number of hydrogen-bond donors (Lipinski definition) is 3. The fourth-order valence-electron chi connectivity index (χ4n) is 7.09. The maximum atomic E-state index is 14.4. The Kier molecular flexibility index (Phi) is 15.2. The molecule has 4 rings (SSSR count). The first-order chi connectivity index (χ1) is 27.1. The number of amides is 6. The van der Waals surface area contributed by atoms with Crippen molar-refractivity contribution in [3.8, 4) is 0 Å². The monoisotopic (exact) mass is 798 g/mol. The van der Waals surface area contributed by atoms with E-state index in [2.05, 4.69) is 29.1 Å². The third kappa shape index (κ3) is 11.1. The summed E-state index contributed by atoms with van der Waals surface area (Å²) < 4.78 is 38.8. The summed E-state index contributed by atoms with van der Waals surface area (Å²) in [6.07, 6.45) is 3.54. The molecule has 3 aliphatic rings. The van der Waals surface area contributed by atoms with Gasteiger partial charge in [-0.25, -0.2) is 18.4 Å². The zero-order valence-electron chi connectivity index (χ0n) is 32.1. The first kappa shape index (κ1) is 43.8. The summed E-state index contributed by atoms with van der Waals surface area (Å²) in [6.45, 7) is 11.3. The fourth-order valence-corrected chi connectivity index (χ4v) is 7.09. The van der Waals surface area contributed by atoms with Crippen LogP contribution in [-0.2, 0) is 54.3 Å². The summed E-state index contributed by atoms with van der Waals surface area (Å²) in [5.74, 6) is -8.47.